The zero-order valence-electron chi connectivity index (χ0n) is 15.2. The van der Waals surface area contributed by atoms with Crippen molar-refractivity contribution in [1.82, 2.24) is 0 Å². The molecule has 0 heterocycles. The first-order valence-electron chi connectivity index (χ1n) is 8.65. The second kappa shape index (κ2) is 10.2. The number of quaternary nitrogens is 1. The number of hydrogen-bond acceptors (Lipinski definition) is 2. The highest BCUT2D eigenvalue weighted by atomic mass is 35.5. The minimum absolute atomic E-state index is 0. The number of nitrogens with two attached hydrogens (primary N) is 1. The molecule has 0 aliphatic carbocycles. The lowest BCUT2D eigenvalue weighted by atomic mass is 10.0. The van der Waals surface area contributed by atoms with Gasteiger partial charge < -0.3 is 22.6 Å². The van der Waals surface area contributed by atoms with E-state index in [1.165, 1.54) is 16.7 Å². The summed E-state index contributed by atoms with van der Waals surface area (Å²) >= 11 is 0. The van der Waals surface area contributed by atoms with Gasteiger partial charge in [0.15, 0.2) is 0 Å². The largest absolute Gasteiger partial charge is 1.00 e. The number of benzene rings is 2. The monoisotopic (exact) mass is 357 g/mol. The van der Waals surface area contributed by atoms with Crippen LogP contribution in [0.15, 0.2) is 54.6 Å². The summed E-state index contributed by atoms with van der Waals surface area (Å²) in [6, 6.07) is 21.3. The van der Waals surface area contributed by atoms with E-state index >= 15 is 0 Å². The van der Waals surface area contributed by atoms with Gasteiger partial charge in [-0.3, -0.25) is 0 Å². The molecule has 134 valence electrons. The third-order valence-corrected chi connectivity index (χ3v) is 4.62. The van der Waals surface area contributed by atoms with Crippen LogP contribution in [0.5, 0.6) is 0 Å². The maximum atomic E-state index is 9.01. The highest BCUT2D eigenvalue weighted by Gasteiger charge is 2.26. The lowest BCUT2D eigenvalue weighted by Gasteiger charge is -2.36. The molecule has 2 rings (SSSR count). The van der Waals surface area contributed by atoms with Gasteiger partial charge in [0, 0.05) is 5.56 Å². The number of nitrogens with zero attached hydrogens (tertiary/aromatic N) is 2. The SMILES string of the molecule is CCc1ccc(C(N)C[N+](C)(CCC#N)Cc2ccccc2)cc1.[Cl-]. The quantitative estimate of drug-likeness (QED) is 0.711. The van der Waals surface area contributed by atoms with E-state index < -0.39 is 0 Å². The molecule has 0 radical (unpaired) electrons. The Morgan fingerprint density at radius 1 is 1.04 bits per heavy atom. The van der Waals surface area contributed by atoms with Crippen LogP contribution in [0.3, 0.4) is 0 Å². The summed E-state index contributed by atoms with van der Waals surface area (Å²) in [5, 5.41) is 9.01. The van der Waals surface area contributed by atoms with Gasteiger partial charge in [-0.2, -0.15) is 5.26 Å². The van der Waals surface area contributed by atoms with Gasteiger partial charge in [-0.25, -0.2) is 0 Å². The van der Waals surface area contributed by atoms with Crippen LogP contribution in [0.25, 0.3) is 0 Å². The number of rotatable bonds is 8. The van der Waals surface area contributed by atoms with Crippen LogP contribution < -0.4 is 18.1 Å². The Kier molecular flexibility index (Phi) is 8.65. The van der Waals surface area contributed by atoms with E-state index in [-0.39, 0.29) is 18.4 Å². The van der Waals surface area contributed by atoms with Crippen molar-refractivity contribution in [2.45, 2.75) is 32.4 Å². The van der Waals surface area contributed by atoms with E-state index in [1.54, 1.807) is 0 Å². The summed E-state index contributed by atoms with van der Waals surface area (Å²) in [5.74, 6) is 0. The molecule has 2 aromatic rings. The summed E-state index contributed by atoms with van der Waals surface area (Å²) in [7, 11) is 2.20. The van der Waals surface area contributed by atoms with E-state index in [4.69, 9.17) is 11.0 Å². The average Bonchev–Trinajstić information content (AvgIpc) is 2.61. The van der Waals surface area contributed by atoms with Crippen molar-refractivity contribution in [2.24, 2.45) is 5.73 Å². The molecular weight excluding hydrogens is 330 g/mol. The summed E-state index contributed by atoms with van der Waals surface area (Å²) in [6.07, 6.45) is 1.59. The van der Waals surface area contributed by atoms with Crippen molar-refractivity contribution in [1.29, 1.82) is 5.26 Å². The van der Waals surface area contributed by atoms with Crippen LogP contribution in [0.2, 0.25) is 0 Å². The topological polar surface area (TPSA) is 49.8 Å². The van der Waals surface area contributed by atoms with E-state index in [1.807, 2.05) is 6.07 Å². The molecule has 2 N–H and O–H groups in total. The first kappa shape index (κ1) is 21.2. The molecule has 3 nitrogen and oxygen atoms in total. The van der Waals surface area contributed by atoms with Crippen molar-refractivity contribution in [3.05, 3.63) is 71.3 Å². The van der Waals surface area contributed by atoms with Gasteiger partial charge in [-0.15, -0.1) is 0 Å². The summed E-state index contributed by atoms with van der Waals surface area (Å²) in [4.78, 5) is 0. The van der Waals surface area contributed by atoms with Crippen molar-refractivity contribution in [3.63, 3.8) is 0 Å². The zero-order valence-corrected chi connectivity index (χ0v) is 15.9. The maximum absolute atomic E-state index is 9.01. The Bertz CT molecular complexity index is 664. The second-order valence-electron chi connectivity index (χ2n) is 6.78. The van der Waals surface area contributed by atoms with Crippen LogP contribution in [0, 0.1) is 11.3 Å². The van der Waals surface area contributed by atoms with Crippen molar-refractivity contribution < 1.29 is 16.9 Å². The first-order valence-corrected chi connectivity index (χ1v) is 8.65. The minimum atomic E-state index is -0.0247. The summed E-state index contributed by atoms with van der Waals surface area (Å²) in [6.45, 7) is 4.68. The lowest BCUT2D eigenvalue weighted by molar-refractivity contribution is -0.923. The minimum Gasteiger partial charge on any atom is -1.00 e. The molecule has 2 aromatic carbocycles. The van der Waals surface area contributed by atoms with E-state index in [0.717, 1.165) is 30.5 Å². The van der Waals surface area contributed by atoms with Crippen molar-refractivity contribution >= 4 is 0 Å². The fraction of sp³-hybridized carbons (Fsp3) is 0.381. The fourth-order valence-corrected chi connectivity index (χ4v) is 3.16. The molecule has 4 heteroatoms. The summed E-state index contributed by atoms with van der Waals surface area (Å²) in [5.41, 5.74) is 10.3. The number of nitriles is 1. The molecule has 0 spiro atoms. The number of likely N-dealkylation sites (N-methyl/N-ethyl adjacent to an activating group) is 1. The van der Waals surface area contributed by atoms with Crippen LogP contribution in [0.1, 0.15) is 36.1 Å². The molecule has 0 aliphatic rings. The predicted molar refractivity (Wildman–Crippen MR) is 99.0 cm³/mol. The second-order valence-corrected chi connectivity index (χ2v) is 6.78. The molecule has 0 fully saturated rings. The molecule has 0 amide bonds. The van der Waals surface area contributed by atoms with Gasteiger partial charge in [0.05, 0.1) is 38.7 Å². The van der Waals surface area contributed by atoms with E-state index in [9.17, 15) is 0 Å². The van der Waals surface area contributed by atoms with Crippen LogP contribution in [-0.4, -0.2) is 24.6 Å². The highest BCUT2D eigenvalue weighted by molar-refractivity contribution is 5.24. The third kappa shape index (κ3) is 6.51. The average molecular weight is 358 g/mol. The van der Waals surface area contributed by atoms with Gasteiger partial charge in [0.1, 0.15) is 6.54 Å². The zero-order chi connectivity index (χ0) is 17.4. The Morgan fingerprint density at radius 2 is 1.68 bits per heavy atom. The molecule has 0 bridgehead atoms. The lowest BCUT2D eigenvalue weighted by Crippen LogP contribution is -3.00. The molecular formula is C21H28ClN3. The maximum Gasteiger partial charge on any atom is 0.104 e. The number of aryl methyl sites for hydroxylation is 1. The number of hydrogen-bond donors (Lipinski definition) is 1. The molecule has 0 saturated carbocycles. The predicted octanol–water partition coefficient (Wildman–Crippen LogP) is 0.813. The highest BCUT2D eigenvalue weighted by Crippen LogP contribution is 2.20. The Hall–Kier alpha value is -1.86. The van der Waals surface area contributed by atoms with Gasteiger partial charge in [0.2, 0.25) is 0 Å². The molecule has 0 saturated heterocycles. The smallest absolute Gasteiger partial charge is 0.104 e. The Labute approximate surface area is 158 Å². The normalized spacial score (nSPS) is 14.0. The van der Waals surface area contributed by atoms with Crippen molar-refractivity contribution in [3.8, 4) is 6.07 Å². The molecule has 2 atom stereocenters. The molecule has 25 heavy (non-hydrogen) atoms. The van der Waals surface area contributed by atoms with Crippen LogP contribution >= 0.6 is 0 Å². The Balaban J connectivity index is 0.00000312. The first-order chi connectivity index (χ1) is 11.6. The van der Waals surface area contributed by atoms with Gasteiger partial charge in [0.25, 0.3) is 0 Å². The van der Waals surface area contributed by atoms with Crippen molar-refractivity contribution in [2.75, 3.05) is 20.1 Å². The van der Waals surface area contributed by atoms with E-state index in [2.05, 4.69) is 68.6 Å². The van der Waals surface area contributed by atoms with Gasteiger partial charge >= 0.3 is 0 Å². The fourth-order valence-electron chi connectivity index (χ4n) is 3.16. The standard InChI is InChI=1S/C21H28N3.ClH/c1-3-18-10-12-20(13-11-18)21(23)17-24(2,15-7-14-22)16-19-8-5-4-6-9-19;/h4-6,8-13,21H,3,7,15-17,23H2,1-2H3;1H/q+1;/p-1. The van der Waals surface area contributed by atoms with Crippen LogP contribution in [0.4, 0.5) is 0 Å². The third-order valence-electron chi connectivity index (χ3n) is 4.62. The molecule has 0 aromatic heterocycles. The van der Waals surface area contributed by atoms with Gasteiger partial charge in [-0.1, -0.05) is 61.5 Å². The number of halogens is 1. The molecule has 2 unspecified atom stereocenters. The van der Waals surface area contributed by atoms with E-state index in [0.29, 0.717) is 6.42 Å². The summed E-state index contributed by atoms with van der Waals surface area (Å²) < 4.78 is 0.772. The molecule has 0 aliphatic heterocycles. The van der Waals surface area contributed by atoms with Crippen LogP contribution in [-0.2, 0) is 13.0 Å². The van der Waals surface area contributed by atoms with Gasteiger partial charge in [-0.05, 0) is 17.5 Å². The Morgan fingerprint density at radius 3 is 2.24 bits per heavy atom.